The summed E-state index contributed by atoms with van der Waals surface area (Å²) in [7, 11) is 1.29. The summed E-state index contributed by atoms with van der Waals surface area (Å²) in [4.78, 5) is 33.0. The number of rotatable bonds is 11. The van der Waals surface area contributed by atoms with Gasteiger partial charge >= 0.3 is 12.1 Å². The molecule has 37 heavy (non-hydrogen) atoms. The number of hydrogen-bond donors (Lipinski definition) is 2. The molecule has 1 atom stereocenters. The van der Waals surface area contributed by atoms with Crippen molar-refractivity contribution in [3.05, 3.63) is 41.0 Å². The minimum atomic E-state index is -4.55. The first-order chi connectivity index (χ1) is 17.2. The lowest BCUT2D eigenvalue weighted by atomic mass is 9.97. The van der Waals surface area contributed by atoms with Gasteiger partial charge in [0.15, 0.2) is 17.2 Å². The number of unbranched alkanes of at least 4 members (excludes halogenated alkanes) is 1. The maximum absolute atomic E-state index is 13.2. The van der Waals surface area contributed by atoms with E-state index in [9.17, 15) is 28.0 Å². The molecule has 0 radical (unpaired) electrons. The molecule has 9 nitrogen and oxygen atoms in total. The second-order valence-corrected chi connectivity index (χ2v) is 9.30. The summed E-state index contributed by atoms with van der Waals surface area (Å²) < 4.78 is 49.7. The Balaban J connectivity index is 2.24. The Morgan fingerprint density at radius 2 is 1.89 bits per heavy atom. The van der Waals surface area contributed by atoms with Gasteiger partial charge in [0.05, 0.1) is 18.7 Å². The van der Waals surface area contributed by atoms with Gasteiger partial charge in [0.2, 0.25) is 11.8 Å². The van der Waals surface area contributed by atoms with E-state index in [1.54, 1.807) is 20.8 Å². The van der Waals surface area contributed by atoms with E-state index in [1.165, 1.54) is 19.2 Å². The van der Waals surface area contributed by atoms with Crippen molar-refractivity contribution in [1.29, 1.82) is 5.26 Å². The van der Waals surface area contributed by atoms with Gasteiger partial charge in [-0.25, -0.2) is 0 Å². The van der Waals surface area contributed by atoms with Crippen LogP contribution in [0, 0.1) is 11.3 Å². The number of nitrogens with one attached hydrogen (secondary N) is 1. The highest BCUT2D eigenvalue weighted by Crippen LogP contribution is 2.30. The van der Waals surface area contributed by atoms with Crippen LogP contribution in [0.25, 0.3) is 0 Å². The van der Waals surface area contributed by atoms with Gasteiger partial charge in [-0.1, -0.05) is 24.6 Å². The maximum atomic E-state index is 13.2. The molecule has 1 heterocycles. The molecule has 0 bridgehead atoms. The van der Waals surface area contributed by atoms with Gasteiger partial charge in [0, 0.05) is 12.8 Å². The molecule has 0 saturated carbocycles. The van der Waals surface area contributed by atoms with Crippen molar-refractivity contribution in [2.75, 3.05) is 18.2 Å². The third-order valence-corrected chi connectivity index (χ3v) is 5.07. The molecule has 3 N–H and O–H groups in total. The van der Waals surface area contributed by atoms with Crippen LogP contribution in [0.1, 0.15) is 63.1 Å². The Kier molecular flexibility index (Phi) is 9.82. The van der Waals surface area contributed by atoms with Crippen LogP contribution >= 0.6 is 0 Å². The van der Waals surface area contributed by atoms with Gasteiger partial charge in [0.1, 0.15) is 11.7 Å². The number of esters is 1. The first-order valence-electron chi connectivity index (χ1n) is 11.5. The average Bonchev–Trinajstić information content (AvgIpc) is 2.79. The van der Waals surface area contributed by atoms with Crippen molar-refractivity contribution in [2.24, 2.45) is 0 Å². The summed E-state index contributed by atoms with van der Waals surface area (Å²) in [6, 6.07) is 5.46. The summed E-state index contributed by atoms with van der Waals surface area (Å²) in [6.07, 6.45) is -3.70. The topological polar surface area (TPSA) is 140 Å². The number of nitrogen functional groups attached to an aromatic ring is 1. The number of nitrogens with zero attached hydrogens (tertiary/aromatic N) is 3. The van der Waals surface area contributed by atoms with E-state index in [4.69, 9.17) is 15.2 Å². The quantitative estimate of drug-likeness (QED) is 0.324. The predicted molar refractivity (Wildman–Crippen MR) is 130 cm³/mol. The molecule has 0 fully saturated rings. The molecule has 0 aliphatic carbocycles. The minimum absolute atomic E-state index is 0.0404. The van der Waals surface area contributed by atoms with E-state index in [-0.39, 0.29) is 54.0 Å². The number of carbonyl (C=O) groups is 2. The third kappa shape index (κ3) is 9.25. The normalized spacial score (nSPS) is 12.4. The number of methoxy groups -OCH3 is 1. The molecule has 1 aromatic carbocycles. The summed E-state index contributed by atoms with van der Waals surface area (Å²) in [5.41, 5.74) is 4.32. The number of benzene rings is 1. The number of hydrogen-bond acceptors (Lipinski definition) is 9. The monoisotopic (exact) mass is 521 g/mol. The lowest BCUT2D eigenvalue weighted by Crippen LogP contribution is -2.32. The Morgan fingerprint density at radius 3 is 2.49 bits per heavy atom. The summed E-state index contributed by atoms with van der Waals surface area (Å²) >= 11 is 0. The number of anilines is 2. The number of alkyl halides is 3. The van der Waals surface area contributed by atoms with Crippen LogP contribution < -0.4 is 15.8 Å². The van der Waals surface area contributed by atoms with Crippen LogP contribution in [0.15, 0.2) is 24.3 Å². The van der Waals surface area contributed by atoms with Crippen LogP contribution in [-0.2, 0) is 26.9 Å². The maximum Gasteiger partial charge on any atom is 0.416 e. The zero-order chi connectivity index (χ0) is 27.8. The van der Waals surface area contributed by atoms with E-state index in [0.29, 0.717) is 12.8 Å². The molecular weight excluding hydrogens is 491 g/mol. The highest BCUT2D eigenvalue weighted by molar-refractivity contribution is 5.88. The average molecular weight is 522 g/mol. The zero-order valence-corrected chi connectivity index (χ0v) is 21.1. The smallest absolute Gasteiger partial charge is 0.416 e. The summed E-state index contributed by atoms with van der Waals surface area (Å²) in [5, 5.41) is 12.4. The Bertz CT molecular complexity index is 1160. The van der Waals surface area contributed by atoms with E-state index < -0.39 is 29.2 Å². The van der Waals surface area contributed by atoms with Crippen molar-refractivity contribution in [2.45, 2.75) is 70.7 Å². The summed E-state index contributed by atoms with van der Waals surface area (Å²) in [5.74, 6) is -1.15. The molecule has 200 valence electrons. The van der Waals surface area contributed by atoms with Gasteiger partial charge in [-0.3, -0.25) is 9.59 Å². The predicted octanol–water partition coefficient (Wildman–Crippen LogP) is 4.45. The fourth-order valence-corrected chi connectivity index (χ4v) is 3.48. The summed E-state index contributed by atoms with van der Waals surface area (Å²) in [6.45, 7) is 5.27. The Morgan fingerprint density at radius 1 is 1.19 bits per heavy atom. The number of ether oxygens (including phenoxy) is 2. The highest BCUT2D eigenvalue weighted by atomic mass is 19.4. The molecule has 2 aromatic rings. The number of nitriles is 1. The van der Waals surface area contributed by atoms with Gasteiger partial charge in [0.25, 0.3) is 0 Å². The van der Waals surface area contributed by atoms with Crippen LogP contribution in [0.4, 0.5) is 24.9 Å². The fraction of sp³-hybridized carbons (Fsp3) is 0.480. The molecule has 0 unspecified atom stereocenters. The van der Waals surface area contributed by atoms with Crippen LogP contribution in [0.3, 0.4) is 0 Å². The second-order valence-electron chi connectivity index (χ2n) is 9.30. The van der Waals surface area contributed by atoms with Crippen LogP contribution in [-0.4, -0.2) is 40.5 Å². The van der Waals surface area contributed by atoms with Crippen molar-refractivity contribution in [3.8, 4) is 11.9 Å². The van der Waals surface area contributed by atoms with E-state index in [1.807, 2.05) is 6.07 Å². The van der Waals surface area contributed by atoms with E-state index >= 15 is 0 Å². The Hall–Kier alpha value is -3.88. The standard InChI is InChI=1S/C25H30F3N5O4/c1-24(2,3)37-20(35)11-6-5-10-18(31-21-17(14-29)22(36-4)33-23(30)32-21)19(34)13-15-8-7-9-16(12-15)25(26,27)28/h7-9,12,18H,5-6,10-11,13H2,1-4H3,(H3,30,31,32,33)/t18-/m0/s1. The lowest BCUT2D eigenvalue weighted by molar-refractivity contribution is -0.155. The number of halogens is 3. The van der Waals surface area contributed by atoms with Gasteiger partial charge in [-0.2, -0.15) is 28.4 Å². The number of nitrogens with two attached hydrogens (primary N) is 1. The molecule has 2 rings (SSSR count). The number of carbonyl (C=O) groups excluding carboxylic acids is 2. The largest absolute Gasteiger partial charge is 0.480 e. The van der Waals surface area contributed by atoms with E-state index in [2.05, 4.69) is 15.3 Å². The molecule has 1 aromatic heterocycles. The number of ketones is 1. The zero-order valence-electron chi connectivity index (χ0n) is 21.1. The van der Waals surface area contributed by atoms with Crippen molar-refractivity contribution < 1.29 is 32.2 Å². The minimum Gasteiger partial charge on any atom is -0.480 e. The lowest BCUT2D eigenvalue weighted by Gasteiger charge is -2.21. The third-order valence-electron chi connectivity index (χ3n) is 5.07. The molecule has 0 saturated heterocycles. The molecule has 0 aliphatic rings. The van der Waals surface area contributed by atoms with Gasteiger partial charge in [-0.15, -0.1) is 0 Å². The molecule has 0 amide bonds. The van der Waals surface area contributed by atoms with Crippen LogP contribution in [0.2, 0.25) is 0 Å². The molecular formula is C25H30F3N5O4. The second kappa shape index (κ2) is 12.4. The first-order valence-corrected chi connectivity index (χ1v) is 11.5. The SMILES string of the molecule is COc1nc(N)nc(N[C@@H](CCCCC(=O)OC(C)(C)C)C(=O)Cc2cccc(C(F)(F)F)c2)c1C#N. The molecule has 12 heteroatoms. The Labute approximate surface area is 213 Å². The first kappa shape index (κ1) is 29.4. The van der Waals surface area contributed by atoms with Crippen molar-refractivity contribution in [1.82, 2.24) is 9.97 Å². The van der Waals surface area contributed by atoms with Gasteiger partial charge in [-0.05, 0) is 45.2 Å². The van der Waals surface area contributed by atoms with E-state index in [0.717, 1.165) is 12.1 Å². The van der Waals surface area contributed by atoms with Crippen LogP contribution in [0.5, 0.6) is 5.88 Å². The highest BCUT2D eigenvalue weighted by Gasteiger charge is 2.31. The van der Waals surface area contributed by atoms with Gasteiger partial charge < -0.3 is 20.5 Å². The number of aromatic nitrogens is 2. The number of Topliss-reactive ketones (excluding diaryl/α,β-unsaturated/α-hetero) is 1. The molecule has 0 aliphatic heterocycles. The fourth-order valence-electron chi connectivity index (χ4n) is 3.48. The van der Waals surface area contributed by atoms with Crippen molar-refractivity contribution in [3.63, 3.8) is 0 Å². The molecule has 0 spiro atoms. The van der Waals surface area contributed by atoms with Crippen molar-refractivity contribution >= 4 is 23.5 Å².